The molecule has 42 heavy (non-hydrogen) atoms. The van der Waals surface area contributed by atoms with Gasteiger partial charge in [-0.25, -0.2) is 0 Å². The zero-order valence-corrected chi connectivity index (χ0v) is 25.6. The van der Waals surface area contributed by atoms with Crippen molar-refractivity contribution in [2.45, 2.75) is 53.4 Å². The van der Waals surface area contributed by atoms with Gasteiger partial charge in [-0.2, -0.15) is 0 Å². The third-order valence-corrected chi connectivity index (χ3v) is 8.46. The van der Waals surface area contributed by atoms with Crippen LogP contribution in [0.5, 0.6) is 0 Å². The van der Waals surface area contributed by atoms with Gasteiger partial charge in [-0.05, 0) is 106 Å². The first-order valence-corrected chi connectivity index (χ1v) is 14.4. The number of hydrogen-bond acceptors (Lipinski definition) is 3. The summed E-state index contributed by atoms with van der Waals surface area (Å²) in [4.78, 5) is 23.7. The number of nitrogens with one attached hydrogen (secondary N) is 4. The standard InChI is InChI=1S/C36H41N5O/c1-19(2)31-20(3)35(39-22(31)5)33(25-9-13-27(37)14-10-25)29-17-18-30(41-29)34(26-11-15-28(38-8)16-12-26)36-21(4)32(24(7)42)23(6)40-36/h9-18,33-34,38-41H,1,37H2,2-8H3. The maximum Gasteiger partial charge on any atom is 0.161 e. The highest BCUT2D eigenvalue weighted by atomic mass is 16.1. The molecule has 216 valence electrons. The van der Waals surface area contributed by atoms with Gasteiger partial charge in [-0.15, -0.1) is 0 Å². The fourth-order valence-corrected chi connectivity index (χ4v) is 6.59. The number of Topliss-reactive ketones (excluding diaryl/α,β-unsaturated/α-hetero) is 1. The molecule has 0 aliphatic carbocycles. The van der Waals surface area contributed by atoms with Crippen LogP contribution in [0.15, 0.2) is 67.2 Å². The van der Waals surface area contributed by atoms with E-state index < -0.39 is 0 Å². The summed E-state index contributed by atoms with van der Waals surface area (Å²) >= 11 is 0. The average molecular weight is 560 g/mol. The lowest BCUT2D eigenvalue weighted by atomic mass is 9.89. The van der Waals surface area contributed by atoms with Gasteiger partial charge in [0.25, 0.3) is 0 Å². The Morgan fingerprint density at radius 1 is 0.714 bits per heavy atom. The maximum absolute atomic E-state index is 12.6. The van der Waals surface area contributed by atoms with Crippen molar-refractivity contribution >= 4 is 22.7 Å². The molecular formula is C36H41N5O. The summed E-state index contributed by atoms with van der Waals surface area (Å²) in [6, 6.07) is 20.9. The van der Waals surface area contributed by atoms with Crippen LogP contribution in [-0.2, 0) is 0 Å². The van der Waals surface area contributed by atoms with Crippen LogP contribution in [0.4, 0.5) is 11.4 Å². The number of rotatable bonds is 9. The summed E-state index contributed by atoms with van der Waals surface area (Å²) in [5.41, 5.74) is 21.5. The van der Waals surface area contributed by atoms with E-state index in [9.17, 15) is 4.79 Å². The van der Waals surface area contributed by atoms with Gasteiger partial charge < -0.3 is 26.0 Å². The highest BCUT2D eigenvalue weighted by Crippen LogP contribution is 2.40. The summed E-state index contributed by atoms with van der Waals surface area (Å²) in [6.45, 7) is 16.2. The van der Waals surface area contributed by atoms with Gasteiger partial charge in [0.2, 0.25) is 0 Å². The number of hydrogen-bond donors (Lipinski definition) is 5. The average Bonchev–Trinajstić information content (AvgIpc) is 3.62. The van der Waals surface area contributed by atoms with Gasteiger partial charge in [-0.1, -0.05) is 30.8 Å². The van der Waals surface area contributed by atoms with Gasteiger partial charge >= 0.3 is 0 Å². The van der Waals surface area contributed by atoms with E-state index in [0.717, 1.165) is 73.4 Å². The number of aryl methyl sites for hydroxylation is 2. The number of H-pyrrole nitrogens is 3. The molecule has 0 saturated carbocycles. The molecule has 6 nitrogen and oxygen atoms in total. The molecule has 2 unspecified atom stereocenters. The van der Waals surface area contributed by atoms with Crippen molar-refractivity contribution in [1.82, 2.24) is 15.0 Å². The number of aromatic amines is 3. The first-order valence-electron chi connectivity index (χ1n) is 14.4. The van der Waals surface area contributed by atoms with Crippen LogP contribution in [-0.4, -0.2) is 27.8 Å². The van der Waals surface area contributed by atoms with Crippen molar-refractivity contribution < 1.29 is 4.79 Å². The number of ketones is 1. The molecule has 0 radical (unpaired) electrons. The van der Waals surface area contributed by atoms with Gasteiger partial charge in [-0.3, -0.25) is 4.79 Å². The Kier molecular flexibility index (Phi) is 7.74. The highest BCUT2D eigenvalue weighted by Gasteiger charge is 2.29. The topological polar surface area (TPSA) is 102 Å². The quantitative estimate of drug-likeness (QED) is 0.0930. The number of aromatic nitrogens is 3. The summed E-state index contributed by atoms with van der Waals surface area (Å²) in [6.07, 6.45) is 0. The molecule has 0 amide bonds. The van der Waals surface area contributed by atoms with Crippen LogP contribution >= 0.6 is 0 Å². The largest absolute Gasteiger partial charge is 0.399 e. The first-order chi connectivity index (χ1) is 20.0. The summed E-state index contributed by atoms with van der Waals surface area (Å²) in [7, 11) is 1.92. The van der Waals surface area contributed by atoms with Gasteiger partial charge in [0.15, 0.2) is 5.78 Å². The molecule has 0 fully saturated rings. The van der Waals surface area contributed by atoms with Crippen molar-refractivity contribution in [3.63, 3.8) is 0 Å². The predicted octanol–water partition coefficient (Wildman–Crippen LogP) is 8.12. The number of nitrogen functional groups attached to an aromatic ring is 1. The lowest BCUT2D eigenvalue weighted by molar-refractivity contribution is 0.101. The summed E-state index contributed by atoms with van der Waals surface area (Å²) in [5, 5.41) is 3.21. The zero-order valence-electron chi connectivity index (χ0n) is 25.6. The van der Waals surface area contributed by atoms with E-state index in [-0.39, 0.29) is 17.6 Å². The lowest BCUT2D eigenvalue weighted by Gasteiger charge is -2.20. The second-order valence-electron chi connectivity index (χ2n) is 11.4. The van der Waals surface area contributed by atoms with E-state index in [2.05, 4.69) is 96.1 Å². The van der Waals surface area contributed by atoms with Crippen LogP contribution in [0, 0.1) is 27.7 Å². The molecule has 5 rings (SSSR count). The lowest BCUT2D eigenvalue weighted by Crippen LogP contribution is -2.09. The fraction of sp³-hybridized carbons (Fsp3) is 0.250. The molecule has 2 atom stereocenters. The van der Waals surface area contributed by atoms with Gasteiger partial charge in [0.1, 0.15) is 0 Å². The number of carbonyl (C=O) groups excluding carboxylic acids is 1. The monoisotopic (exact) mass is 559 g/mol. The molecule has 5 aromatic rings. The van der Waals surface area contributed by atoms with Gasteiger partial charge in [0.05, 0.1) is 11.8 Å². The number of allylic oxidation sites excluding steroid dienone is 1. The van der Waals surface area contributed by atoms with E-state index in [4.69, 9.17) is 5.73 Å². The summed E-state index contributed by atoms with van der Waals surface area (Å²) in [5.74, 6) is -0.128. The van der Waals surface area contributed by atoms with E-state index in [0.29, 0.717) is 0 Å². The van der Waals surface area contributed by atoms with E-state index in [1.807, 2.05) is 33.0 Å². The number of carbonyl (C=O) groups is 1. The molecule has 0 saturated heterocycles. The van der Waals surface area contributed by atoms with Crippen LogP contribution in [0.3, 0.4) is 0 Å². The van der Waals surface area contributed by atoms with Crippen LogP contribution in [0.25, 0.3) is 5.57 Å². The first kappa shape index (κ1) is 28.8. The number of anilines is 2. The minimum atomic E-state index is -0.124. The third kappa shape index (κ3) is 5.09. The van der Waals surface area contributed by atoms with E-state index in [1.54, 1.807) is 6.92 Å². The molecule has 0 spiro atoms. The predicted molar refractivity (Wildman–Crippen MR) is 175 cm³/mol. The minimum Gasteiger partial charge on any atom is -0.399 e. The van der Waals surface area contributed by atoms with Crippen molar-refractivity contribution in [2.24, 2.45) is 0 Å². The molecule has 3 heterocycles. The van der Waals surface area contributed by atoms with Crippen LogP contribution in [0.1, 0.15) is 98.0 Å². The van der Waals surface area contributed by atoms with Gasteiger partial charge in [0, 0.05) is 63.7 Å². The Balaban J connectivity index is 1.70. The van der Waals surface area contributed by atoms with Crippen LogP contribution < -0.4 is 11.1 Å². The Morgan fingerprint density at radius 3 is 1.57 bits per heavy atom. The van der Waals surface area contributed by atoms with Crippen molar-refractivity contribution in [2.75, 3.05) is 18.1 Å². The SMILES string of the molecule is C=C(C)c1c(C)[nH]c(C(c2ccc(N)cc2)c2ccc(C(c3ccc(NC)cc3)c3[nH]c(C)c(C(C)=O)c3C)[nH]2)c1C. The van der Waals surface area contributed by atoms with Crippen LogP contribution in [0.2, 0.25) is 0 Å². The Bertz CT molecular complexity index is 1760. The number of nitrogens with two attached hydrogens (primary N) is 1. The van der Waals surface area contributed by atoms with Crippen molar-refractivity contribution in [3.8, 4) is 0 Å². The Hall–Kier alpha value is -4.71. The normalized spacial score (nSPS) is 12.7. The molecule has 0 aliphatic heterocycles. The molecule has 6 heteroatoms. The second-order valence-corrected chi connectivity index (χ2v) is 11.4. The Morgan fingerprint density at radius 2 is 1.17 bits per heavy atom. The van der Waals surface area contributed by atoms with Crippen molar-refractivity contribution in [1.29, 1.82) is 0 Å². The molecule has 0 aliphatic rings. The van der Waals surface area contributed by atoms with E-state index in [1.165, 1.54) is 11.1 Å². The molecular weight excluding hydrogens is 518 g/mol. The van der Waals surface area contributed by atoms with Crippen molar-refractivity contribution in [3.05, 3.63) is 135 Å². The Labute approximate surface area is 248 Å². The number of benzene rings is 2. The van der Waals surface area contributed by atoms with E-state index >= 15 is 0 Å². The summed E-state index contributed by atoms with van der Waals surface area (Å²) < 4.78 is 0. The smallest absolute Gasteiger partial charge is 0.161 e. The second kappa shape index (κ2) is 11.3. The molecule has 0 bridgehead atoms. The third-order valence-electron chi connectivity index (χ3n) is 8.46. The molecule has 6 N–H and O–H groups in total. The fourth-order valence-electron chi connectivity index (χ4n) is 6.59. The molecule has 3 aromatic heterocycles. The highest BCUT2D eigenvalue weighted by molar-refractivity contribution is 5.97. The molecule has 2 aromatic carbocycles. The maximum atomic E-state index is 12.6. The minimum absolute atomic E-state index is 0.0678. The zero-order chi connectivity index (χ0) is 30.3.